The number of carbonyl (C=O) groups is 1. The van der Waals surface area contributed by atoms with Crippen LogP contribution in [0.2, 0.25) is 0 Å². The fourth-order valence-electron chi connectivity index (χ4n) is 3.29. The molecule has 1 amide bonds. The van der Waals surface area contributed by atoms with Gasteiger partial charge in [-0.2, -0.15) is 4.31 Å². The second-order valence-corrected chi connectivity index (χ2v) is 9.85. The van der Waals surface area contributed by atoms with Crippen LogP contribution in [0.1, 0.15) is 10.4 Å². The molecule has 0 spiro atoms. The standard InChI is InChI=1S/C20H21N5O4S2/c1-29-17-10-6-5-9-16(17)24-11-13-25(14-12-24)31(27,28)20-23-22-19(30-20)21-18(26)15-7-3-2-4-8-15/h2-10H,11-14H2,1H3,(H,21,22,26). The van der Waals surface area contributed by atoms with Crippen molar-refractivity contribution in [3.63, 3.8) is 0 Å². The molecule has 11 heteroatoms. The first-order valence-electron chi connectivity index (χ1n) is 9.57. The van der Waals surface area contributed by atoms with Gasteiger partial charge in [-0.15, -0.1) is 10.2 Å². The van der Waals surface area contributed by atoms with E-state index < -0.39 is 10.0 Å². The van der Waals surface area contributed by atoms with Crippen molar-refractivity contribution in [2.45, 2.75) is 4.34 Å². The molecule has 3 aromatic rings. The van der Waals surface area contributed by atoms with Crippen LogP contribution in [0.25, 0.3) is 0 Å². The Bertz CT molecular complexity index is 1160. The van der Waals surface area contributed by atoms with E-state index in [-0.39, 0.29) is 15.4 Å². The summed E-state index contributed by atoms with van der Waals surface area (Å²) in [5.41, 5.74) is 1.39. The number of nitrogens with one attached hydrogen (secondary N) is 1. The molecule has 0 atom stereocenters. The number of carbonyl (C=O) groups excluding carboxylic acids is 1. The van der Waals surface area contributed by atoms with Crippen molar-refractivity contribution in [2.75, 3.05) is 43.5 Å². The van der Waals surface area contributed by atoms with Crippen LogP contribution in [0.4, 0.5) is 10.8 Å². The number of anilines is 2. The SMILES string of the molecule is COc1ccccc1N1CCN(S(=O)(=O)c2nnc(NC(=O)c3ccccc3)s2)CC1. The van der Waals surface area contributed by atoms with Crippen molar-refractivity contribution < 1.29 is 17.9 Å². The van der Waals surface area contributed by atoms with Crippen LogP contribution in [0.15, 0.2) is 58.9 Å². The number of ether oxygens (including phenoxy) is 1. The lowest BCUT2D eigenvalue weighted by Crippen LogP contribution is -2.48. The molecular weight excluding hydrogens is 438 g/mol. The third-order valence-electron chi connectivity index (χ3n) is 4.89. The summed E-state index contributed by atoms with van der Waals surface area (Å²) in [7, 11) is -2.18. The van der Waals surface area contributed by atoms with Gasteiger partial charge in [0.1, 0.15) is 5.75 Å². The first-order valence-corrected chi connectivity index (χ1v) is 11.8. The van der Waals surface area contributed by atoms with Gasteiger partial charge in [0.2, 0.25) is 9.47 Å². The average Bonchev–Trinajstić information content (AvgIpc) is 3.29. The number of sulfonamides is 1. The van der Waals surface area contributed by atoms with Crippen molar-refractivity contribution in [3.8, 4) is 5.75 Å². The van der Waals surface area contributed by atoms with Crippen molar-refractivity contribution in [3.05, 3.63) is 60.2 Å². The molecule has 0 aliphatic carbocycles. The molecule has 1 N–H and O–H groups in total. The highest BCUT2D eigenvalue weighted by Gasteiger charge is 2.32. The van der Waals surface area contributed by atoms with E-state index in [1.54, 1.807) is 37.4 Å². The summed E-state index contributed by atoms with van der Waals surface area (Å²) in [6, 6.07) is 16.3. The molecular formula is C20H21N5O4S2. The number of hydrogen-bond donors (Lipinski definition) is 1. The number of rotatable bonds is 6. The minimum Gasteiger partial charge on any atom is -0.495 e. The molecule has 1 aromatic heterocycles. The normalized spacial score (nSPS) is 14.9. The van der Waals surface area contributed by atoms with Crippen molar-refractivity contribution >= 4 is 38.1 Å². The van der Waals surface area contributed by atoms with E-state index in [1.807, 2.05) is 24.3 Å². The van der Waals surface area contributed by atoms with Gasteiger partial charge in [0.25, 0.3) is 15.9 Å². The van der Waals surface area contributed by atoms with Gasteiger partial charge >= 0.3 is 0 Å². The number of para-hydroxylation sites is 2. The van der Waals surface area contributed by atoms with E-state index in [9.17, 15) is 13.2 Å². The predicted octanol–water partition coefficient (Wildman–Crippen LogP) is 2.31. The molecule has 1 aliphatic rings. The first kappa shape index (κ1) is 21.2. The number of methoxy groups -OCH3 is 1. The smallest absolute Gasteiger partial charge is 0.272 e. The fourth-order valence-corrected chi connectivity index (χ4v) is 5.75. The number of nitrogens with zero attached hydrogens (tertiary/aromatic N) is 4. The monoisotopic (exact) mass is 459 g/mol. The highest BCUT2D eigenvalue weighted by Crippen LogP contribution is 2.30. The second-order valence-electron chi connectivity index (χ2n) is 6.76. The van der Waals surface area contributed by atoms with Crippen LogP contribution in [-0.2, 0) is 10.0 Å². The van der Waals surface area contributed by atoms with Gasteiger partial charge in [-0.1, -0.05) is 41.7 Å². The zero-order valence-corrected chi connectivity index (χ0v) is 18.4. The number of benzene rings is 2. The quantitative estimate of drug-likeness (QED) is 0.564. The third kappa shape index (κ3) is 4.53. The second kappa shape index (κ2) is 9.00. The molecule has 2 heterocycles. The Kier molecular flexibility index (Phi) is 6.16. The van der Waals surface area contributed by atoms with Crippen LogP contribution >= 0.6 is 11.3 Å². The summed E-state index contributed by atoms with van der Waals surface area (Å²) < 4.78 is 32.7. The molecule has 2 aromatic carbocycles. The Morgan fingerprint density at radius 1 is 1.00 bits per heavy atom. The number of hydrogen-bond acceptors (Lipinski definition) is 8. The summed E-state index contributed by atoms with van der Waals surface area (Å²) in [5, 5.41) is 10.4. The number of piperazine rings is 1. The van der Waals surface area contributed by atoms with Gasteiger partial charge < -0.3 is 9.64 Å². The Labute approximate surface area is 184 Å². The predicted molar refractivity (Wildman–Crippen MR) is 118 cm³/mol. The van der Waals surface area contributed by atoms with E-state index in [0.29, 0.717) is 31.7 Å². The molecule has 31 heavy (non-hydrogen) atoms. The van der Waals surface area contributed by atoms with Crippen molar-refractivity contribution in [1.82, 2.24) is 14.5 Å². The Morgan fingerprint density at radius 2 is 1.68 bits per heavy atom. The largest absolute Gasteiger partial charge is 0.495 e. The Hall–Kier alpha value is -3.02. The Balaban J connectivity index is 1.42. The summed E-state index contributed by atoms with van der Waals surface area (Å²) in [6.45, 7) is 1.67. The minimum absolute atomic E-state index is 0.137. The van der Waals surface area contributed by atoms with Crippen molar-refractivity contribution in [1.29, 1.82) is 0 Å². The molecule has 0 radical (unpaired) electrons. The van der Waals surface area contributed by atoms with Crippen LogP contribution in [0, 0.1) is 0 Å². The highest BCUT2D eigenvalue weighted by atomic mass is 32.2. The number of aromatic nitrogens is 2. The summed E-state index contributed by atoms with van der Waals surface area (Å²) in [6.07, 6.45) is 0. The molecule has 1 aliphatic heterocycles. The lowest BCUT2D eigenvalue weighted by molar-refractivity contribution is 0.102. The van der Waals surface area contributed by atoms with Gasteiger partial charge in [-0.25, -0.2) is 8.42 Å². The third-order valence-corrected chi connectivity index (χ3v) is 7.97. The average molecular weight is 460 g/mol. The zero-order chi connectivity index (χ0) is 21.8. The fraction of sp³-hybridized carbons (Fsp3) is 0.250. The minimum atomic E-state index is -3.79. The lowest BCUT2D eigenvalue weighted by Gasteiger charge is -2.35. The molecule has 4 rings (SSSR count). The van der Waals surface area contributed by atoms with E-state index in [4.69, 9.17) is 4.74 Å². The van der Waals surface area contributed by atoms with E-state index >= 15 is 0 Å². The summed E-state index contributed by atoms with van der Waals surface area (Å²) >= 11 is 0.842. The van der Waals surface area contributed by atoms with E-state index in [2.05, 4.69) is 20.4 Å². The molecule has 1 saturated heterocycles. The van der Waals surface area contributed by atoms with Crippen LogP contribution in [0.5, 0.6) is 5.75 Å². The van der Waals surface area contributed by atoms with E-state index in [0.717, 1.165) is 22.8 Å². The van der Waals surface area contributed by atoms with Crippen LogP contribution < -0.4 is 15.0 Å². The van der Waals surface area contributed by atoms with E-state index in [1.165, 1.54) is 4.31 Å². The molecule has 162 valence electrons. The highest BCUT2D eigenvalue weighted by molar-refractivity contribution is 7.91. The summed E-state index contributed by atoms with van der Waals surface area (Å²) in [5.74, 6) is 0.382. The zero-order valence-electron chi connectivity index (χ0n) is 16.8. The molecule has 0 bridgehead atoms. The van der Waals surface area contributed by atoms with Gasteiger partial charge in [-0.05, 0) is 24.3 Å². The maximum atomic E-state index is 13.0. The van der Waals surface area contributed by atoms with Crippen LogP contribution in [-0.4, -0.2) is 62.1 Å². The number of amides is 1. The first-order chi connectivity index (χ1) is 15.0. The maximum absolute atomic E-state index is 13.0. The van der Waals surface area contributed by atoms with Gasteiger partial charge in [0.15, 0.2) is 0 Å². The lowest BCUT2D eigenvalue weighted by atomic mass is 10.2. The molecule has 9 nitrogen and oxygen atoms in total. The van der Waals surface area contributed by atoms with Gasteiger partial charge in [0, 0.05) is 31.7 Å². The van der Waals surface area contributed by atoms with Gasteiger partial charge in [-0.3, -0.25) is 10.1 Å². The maximum Gasteiger partial charge on any atom is 0.272 e. The molecule has 0 unspecified atom stereocenters. The van der Waals surface area contributed by atoms with Gasteiger partial charge in [0.05, 0.1) is 12.8 Å². The molecule has 1 fully saturated rings. The van der Waals surface area contributed by atoms with Crippen LogP contribution in [0.3, 0.4) is 0 Å². The van der Waals surface area contributed by atoms with Crippen molar-refractivity contribution in [2.24, 2.45) is 0 Å². The topological polar surface area (TPSA) is 105 Å². The molecule has 0 saturated carbocycles. The Morgan fingerprint density at radius 3 is 2.39 bits per heavy atom. The summed E-state index contributed by atoms with van der Waals surface area (Å²) in [4.78, 5) is 14.3.